The van der Waals surface area contributed by atoms with Gasteiger partial charge in [0, 0.05) is 9.86 Å². The van der Waals surface area contributed by atoms with E-state index in [1.54, 1.807) is 13.0 Å². The highest BCUT2D eigenvalue weighted by atomic mass is 79.9. The number of esters is 1. The van der Waals surface area contributed by atoms with Gasteiger partial charge in [0.25, 0.3) is 0 Å². The predicted octanol–water partition coefficient (Wildman–Crippen LogP) is 3.83. The van der Waals surface area contributed by atoms with Crippen molar-refractivity contribution in [3.63, 3.8) is 0 Å². The molecule has 0 fully saturated rings. The van der Waals surface area contributed by atoms with Gasteiger partial charge in [0.05, 0.1) is 17.7 Å². The summed E-state index contributed by atoms with van der Waals surface area (Å²) in [6.45, 7) is 2.06. The Morgan fingerprint density at radius 1 is 1.47 bits per heavy atom. The number of carbonyl (C=O) groups excluding carboxylic acids is 1. The molecule has 0 amide bonds. The molecule has 2 rings (SSSR count). The normalized spacial score (nSPS) is 10.5. The number of aromatic nitrogens is 1. The zero-order valence-corrected chi connectivity index (χ0v) is 11.4. The summed E-state index contributed by atoms with van der Waals surface area (Å²) in [6.07, 6.45) is 0. The number of hydrogen-bond donors (Lipinski definition) is 0. The van der Waals surface area contributed by atoms with Crippen LogP contribution in [0, 0.1) is 0 Å². The summed E-state index contributed by atoms with van der Waals surface area (Å²) in [5.74, 6) is -0.452. The van der Waals surface area contributed by atoms with E-state index >= 15 is 0 Å². The molecule has 3 nitrogen and oxygen atoms in total. The van der Waals surface area contributed by atoms with Gasteiger partial charge >= 0.3 is 5.97 Å². The molecule has 0 saturated heterocycles. The lowest BCUT2D eigenvalue weighted by molar-refractivity contribution is 0.0526. The van der Waals surface area contributed by atoms with Crippen molar-refractivity contribution in [2.24, 2.45) is 0 Å². The maximum Gasteiger partial charge on any atom is 0.341 e. The van der Waals surface area contributed by atoms with Gasteiger partial charge in [-0.05, 0) is 31.2 Å². The number of ether oxygens (including phenoxy) is 1. The first-order chi connectivity index (χ1) is 8.11. The Morgan fingerprint density at radius 2 is 2.24 bits per heavy atom. The van der Waals surface area contributed by atoms with Crippen LogP contribution in [-0.2, 0) is 4.74 Å². The minimum atomic E-state index is -0.452. The fraction of sp³-hybridized carbons (Fsp3) is 0.167. The van der Waals surface area contributed by atoms with Crippen molar-refractivity contribution in [3.05, 3.63) is 39.5 Å². The molecule has 0 saturated carbocycles. The molecule has 0 atom stereocenters. The van der Waals surface area contributed by atoms with E-state index in [1.165, 1.54) is 0 Å². The molecule has 0 unspecified atom stereocenters. The van der Waals surface area contributed by atoms with Crippen molar-refractivity contribution >= 4 is 44.4 Å². The maximum absolute atomic E-state index is 11.6. The van der Waals surface area contributed by atoms with E-state index in [9.17, 15) is 4.79 Å². The van der Waals surface area contributed by atoms with Crippen molar-refractivity contribution in [3.8, 4) is 0 Å². The van der Waals surface area contributed by atoms with Crippen LogP contribution in [0.25, 0.3) is 10.9 Å². The lowest BCUT2D eigenvalue weighted by Gasteiger charge is -2.05. The molecule has 0 radical (unpaired) electrons. The Balaban J connectivity index is 2.57. The molecule has 2 aromatic rings. The van der Waals surface area contributed by atoms with Crippen LogP contribution in [0.1, 0.15) is 17.3 Å². The van der Waals surface area contributed by atoms with Crippen molar-refractivity contribution in [1.82, 2.24) is 4.98 Å². The summed E-state index contributed by atoms with van der Waals surface area (Å²) in [7, 11) is 0. The third-order valence-electron chi connectivity index (χ3n) is 2.23. The average molecular weight is 315 g/mol. The van der Waals surface area contributed by atoms with Gasteiger partial charge in [0.1, 0.15) is 5.15 Å². The number of hydrogen-bond acceptors (Lipinski definition) is 3. The molecule has 88 valence electrons. The van der Waals surface area contributed by atoms with Crippen molar-refractivity contribution in [1.29, 1.82) is 0 Å². The van der Waals surface area contributed by atoms with E-state index < -0.39 is 5.97 Å². The van der Waals surface area contributed by atoms with Gasteiger partial charge < -0.3 is 4.74 Å². The summed E-state index contributed by atoms with van der Waals surface area (Å²) < 4.78 is 5.83. The van der Waals surface area contributed by atoms with Crippen LogP contribution in [0.4, 0.5) is 0 Å². The number of nitrogens with zero attached hydrogens (tertiary/aromatic N) is 1. The fourth-order valence-corrected chi connectivity index (χ4v) is 2.08. The topological polar surface area (TPSA) is 39.2 Å². The zero-order chi connectivity index (χ0) is 12.4. The van der Waals surface area contributed by atoms with E-state index in [0.717, 1.165) is 15.4 Å². The molecule has 0 bridgehead atoms. The molecule has 1 aromatic heterocycles. The van der Waals surface area contributed by atoms with Crippen LogP contribution >= 0.6 is 27.5 Å². The minimum Gasteiger partial charge on any atom is -0.462 e. The molecule has 0 spiro atoms. The molecular formula is C12H9BrClNO2. The summed E-state index contributed by atoms with van der Waals surface area (Å²) in [4.78, 5) is 15.8. The lowest BCUT2D eigenvalue weighted by Crippen LogP contribution is -2.06. The molecule has 0 N–H and O–H groups in total. The highest BCUT2D eigenvalue weighted by Crippen LogP contribution is 2.24. The van der Waals surface area contributed by atoms with Crippen LogP contribution in [0.15, 0.2) is 28.7 Å². The quantitative estimate of drug-likeness (QED) is 0.625. The van der Waals surface area contributed by atoms with E-state index in [0.29, 0.717) is 12.2 Å². The third-order valence-corrected chi connectivity index (χ3v) is 3.01. The molecule has 0 aliphatic carbocycles. The summed E-state index contributed by atoms with van der Waals surface area (Å²) in [5.41, 5.74) is 1.03. The number of benzene rings is 1. The molecule has 1 heterocycles. The standard InChI is InChI=1S/C12H9BrClNO2/c1-2-17-12(16)9-6-7-5-8(13)3-4-10(7)15-11(9)14/h3-6H,2H2,1H3. The van der Waals surface area contributed by atoms with Gasteiger partial charge in [-0.2, -0.15) is 0 Å². The highest BCUT2D eigenvalue weighted by molar-refractivity contribution is 9.10. The Bertz CT molecular complexity index is 586. The van der Waals surface area contributed by atoms with Crippen LogP contribution < -0.4 is 0 Å². The monoisotopic (exact) mass is 313 g/mol. The molecule has 5 heteroatoms. The first kappa shape index (κ1) is 12.3. The largest absolute Gasteiger partial charge is 0.462 e. The highest BCUT2D eigenvalue weighted by Gasteiger charge is 2.13. The van der Waals surface area contributed by atoms with Gasteiger partial charge in [-0.15, -0.1) is 0 Å². The summed E-state index contributed by atoms with van der Waals surface area (Å²) >= 11 is 9.32. The van der Waals surface area contributed by atoms with Gasteiger partial charge in [-0.25, -0.2) is 9.78 Å². The van der Waals surface area contributed by atoms with Crippen LogP contribution in [0.5, 0.6) is 0 Å². The smallest absolute Gasteiger partial charge is 0.341 e. The second-order valence-electron chi connectivity index (χ2n) is 3.38. The van der Waals surface area contributed by atoms with E-state index in [2.05, 4.69) is 20.9 Å². The van der Waals surface area contributed by atoms with Crippen LogP contribution in [0.2, 0.25) is 5.15 Å². The Hall–Kier alpha value is -1.13. The summed E-state index contributed by atoms with van der Waals surface area (Å²) in [5, 5.41) is 1.00. The van der Waals surface area contributed by atoms with Crippen molar-refractivity contribution < 1.29 is 9.53 Å². The summed E-state index contributed by atoms with van der Waals surface area (Å²) in [6, 6.07) is 7.27. The molecule has 17 heavy (non-hydrogen) atoms. The lowest BCUT2D eigenvalue weighted by atomic mass is 10.1. The second kappa shape index (κ2) is 5.02. The van der Waals surface area contributed by atoms with Crippen LogP contribution in [-0.4, -0.2) is 17.6 Å². The Labute approximate surface area is 112 Å². The molecule has 0 aliphatic heterocycles. The average Bonchev–Trinajstić information content (AvgIpc) is 2.29. The third kappa shape index (κ3) is 2.58. The first-order valence-electron chi connectivity index (χ1n) is 5.04. The molecular weight excluding hydrogens is 305 g/mol. The fourth-order valence-electron chi connectivity index (χ4n) is 1.48. The van der Waals surface area contributed by atoms with E-state index in [1.807, 2.05) is 18.2 Å². The maximum atomic E-state index is 11.6. The number of halogens is 2. The Kier molecular flexibility index (Phi) is 3.64. The SMILES string of the molecule is CCOC(=O)c1cc2cc(Br)ccc2nc1Cl. The van der Waals surface area contributed by atoms with Crippen molar-refractivity contribution in [2.45, 2.75) is 6.92 Å². The second-order valence-corrected chi connectivity index (χ2v) is 4.66. The van der Waals surface area contributed by atoms with Gasteiger partial charge in [-0.3, -0.25) is 0 Å². The number of fused-ring (bicyclic) bond motifs is 1. The number of rotatable bonds is 2. The first-order valence-corrected chi connectivity index (χ1v) is 6.22. The zero-order valence-electron chi connectivity index (χ0n) is 9.04. The Morgan fingerprint density at radius 3 is 2.94 bits per heavy atom. The van der Waals surface area contributed by atoms with Crippen molar-refractivity contribution in [2.75, 3.05) is 6.61 Å². The van der Waals surface area contributed by atoms with E-state index in [-0.39, 0.29) is 5.15 Å². The van der Waals surface area contributed by atoms with Gasteiger partial charge in [0.15, 0.2) is 0 Å². The number of carbonyl (C=O) groups is 1. The molecule has 1 aromatic carbocycles. The van der Waals surface area contributed by atoms with Gasteiger partial charge in [0.2, 0.25) is 0 Å². The minimum absolute atomic E-state index is 0.165. The van der Waals surface area contributed by atoms with Gasteiger partial charge in [-0.1, -0.05) is 27.5 Å². The van der Waals surface area contributed by atoms with E-state index in [4.69, 9.17) is 16.3 Å². The number of pyridine rings is 1. The predicted molar refractivity (Wildman–Crippen MR) is 70.4 cm³/mol. The van der Waals surface area contributed by atoms with Crippen LogP contribution in [0.3, 0.4) is 0 Å². The molecule has 0 aliphatic rings.